The minimum absolute atomic E-state index is 0.536. The van der Waals surface area contributed by atoms with E-state index in [4.69, 9.17) is 0 Å². The maximum atomic E-state index is 4.48. The van der Waals surface area contributed by atoms with E-state index in [0.717, 1.165) is 16.7 Å². The molecular formula is C13H12BrN5. The van der Waals surface area contributed by atoms with Crippen molar-refractivity contribution in [2.45, 2.75) is 20.3 Å². The van der Waals surface area contributed by atoms with Gasteiger partial charge in [0, 0.05) is 12.4 Å². The second-order valence-corrected chi connectivity index (χ2v) is 4.98. The van der Waals surface area contributed by atoms with Gasteiger partial charge >= 0.3 is 0 Å². The maximum absolute atomic E-state index is 4.48. The lowest BCUT2D eigenvalue weighted by Crippen LogP contribution is -1.98. The molecule has 96 valence electrons. The van der Waals surface area contributed by atoms with Gasteiger partial charge in [-0.05, 0) is 52.5 Å². The van der Waals surface area contributed by atoms with E-state index < -0.39 is 0 Å². The minimum Gasteiger partial charge on any atom is -0.234 e. The molecule has 3 heterocycles. The van der Waals surface area contributed by atoms with E-state index >= 15 is 0 Å². The summed E-state index contributed by atoms with van der Waals surface area (Å²) in [7, 11) is 0. The van der Waals surface area contributed by atoms with Gasteiger partial charge in [0.25, 0.3) is 0 Å². The van der Waals surface area contributed by atoms with Gasteiger partial charge in [0.2, 0.25) is 5.82 Å². The van der Waals surface area contributed by atoms with Crippen molar-refractivity contribution in [3.8, 4) is 11.6 Å². The quantitative estimate of drug-likeness (QED) is 0.682. The summed E-state index contributed by atoms with van der Waals surface area (Å²) < 4.78 is 2.73. The molecule has 3 aromatic rings. The summed E-state index contributed by atoms with van der Waals surface area (Å²) in [5, 5.41) is 4.47. The van der Waals surface area contributed by atoms with Crippen LogP contribution in [0, 0.1) is 6.92 Å². The molecule has 0 aliphatic heterocycles. The number of halogens is 1. The molecule has 0 aromatic carbocycles. The molecule has 6 heteroatoms. The molecule has 0 N–H and O–H groups in total. The van der Waals surface area contributed by atoms with Crippen molar-refractivity contribution in [3.05, 3.63) is 40.3 Å². The molecule has 3 aromatic heterocycles. The van der Waals surface area contributed by atoms with Gasteiger partial charge in [-0.1, -0.05) is 6.92 Å². The van der Waals surface area contributed by atoms with Crippen LogP contribution < -0.4 is 0 Å². The summed E-state index contributed by atoms with van der Waals surface area (Å²) in [6, 6.07) is 3.80. The monoisotopic (exact) mass is 317 g/mol. The highest BCUT2D eigenvalue weighted by Gasteiger charge is 2.13. The number of nitrogens with zero attached hydrogens (tertiary/aromatic N) is 5. The Morgan fingerprint density at radius 1 is 1.21 bits per heavy atom. The third-order valence-corrected chi connectivity index (χ3v) is 3.82. The van der Waals surface area contributed by atoms with E-state index in [1.165, 1.54) is 11.1 Å². The van der Waals surface area contributed by atoms with Crippen LogP contribution in [0.5, 0.6) is 0 Å². The smallest absolute Gasteiger partial charge is 0.220 e. The lowest BCUT2D eigenvalue weighted by atomic mass is 10.1. The molecule has 0 fully saturated rings. The Balaban J connectivity index is 2.24. The minimum atomic E-state index is 0.536. The van der Waals surface area contributed by atoms with Gasteiger partial charge in [-0.2, -0.15) is 0 Å². The zero-order valence-electron chi connectivity index (χ0n) is 10.6. The van der Waals surface area contributed by atoms with E-state index in [2.05, 4.69) is 49.8 Å². The molecule has 5 nitrogen and oxygen atoms in total. The van der Waals surface area contributed by atoms with E-state index in [9.17, 15) is 0 Å². The fourth-order valence-corrected chi connectivity index (χ4v) is 2.92. The van der Waals surface area contributed by atoms with E-state index in [1.54, 1.807) is 23.0 Å². The molecule has 0 saturated heterocycles. The zero-order chi connectivity index (χ0) is 13.4. The van der Waals surface area contributed by atoms with Crippen molar-refractivity contribution in [2.75, 3.05) is 0 Å². The van der Waals surface area contributed by atoms with Gasteiger partial charge in [0.1, 0.15) is 4.60 Å². The Morgan fingerprint density at radius 2 is 1.95 bits per heavy atom. The van der Waals surface area contributed by atoms with E-state index in [-0.39, 0.29) is 0 Å². The highest BCUT2D eigenvalue weighted by Crippen LogP contribution is 2.24. The van der Waals surface area contributed by atoms with Crippen molar-refractivity contribution in [1.82, 2.24) is 24.6 Å². The standard InChI is InChI=1S/C13H12BrN5/c1-3-9-8(2)7-10-17-13(18-19(10)11(9)14)12-15-5-4-6-16-12/h4-7H,3H2,1-2H3. The molecule has 0 spiro atoms. The van der Waals surface area contributed by atoms with Gasteiger partial charge in [0.15, 0.2) is 11.5 Å². The van der Waals surface area contributed by atoms with Crippen molar-refractivity contribution in [3.63, 3.8) is 0 Å². The van der Waals surface area contributed by atoms with E-state index in [1.807, 2.05) is 6.07 Å². The normalized spacial score (nSPS) is 11.1. The van der Waals surface area contributed by atoms with Crippen LogP contribution >= 0.6 is 15.9 Å². The topological polar surface area (TPSA) is 56.0 Å². The summed E-state index contributed by atoms with van der Waals surface area (Å²) in [5.74, 6) is 1.07. The fourth-order valence-electron chi connectivity index (χ4n) is 2.07. The first-order valence-corrected chi connectivity index (χ1v) is 6.82. The average Bonchev–Trinajstić information content (AvgIpc) is 2.84. The van der Waals surface area contributed by atoms with Gasteiger partial charge in [-0.25, -0.2) is 19.5 Å². The first-order chi connectivity index (χ1) is 9.20. The number of hydrogen-bond acceptors (Lipinski definition) is 4. The number of aromatic nitrogens is 5. The third kappa shape index (κ3) is 2.02. The number of hydrogen-bond donors (Lipinski definition) is 0. The number of rotatable bonds is 2. The van der Waals surface area contributed by atoms with Gasteiger partial charge in [-0.3, -0.25) is 0 Å². The first kappa shape index (κ1) is 12.2. The summed E-state index contributed by atoms with van der Waals surface area (Å²) in [6.45, 7) is 4.20. The van der Waals surface area contributed by atoms with Gasteiger partial charge in [0.05, 0.1) is 0 Å². The molecule has 19 heavy (non-hydrogen) atoms. The second-order valence-electron chi connectivity index (χ2n) is 4.23. The summed E-state index contributed by atoms with van der Waals surface area (Å²) in [4.78, 5) is 12.8. The van der Waals surface area contributed by atoms with Gasteiger partial charge in [-0.15, -0.1) is 5.10 Å². The Hall–Kier alpha value is -1.82. The Labute approximate surface area is 118 Å². The van der Waals surface area contributed by atoms with Crippen LogP contribution in [0.4, 0.5) is 0 Å². The first-order valence-electron chi connectivity index (χ1n) is 6.03. The largest absolute Gasteiger partial charge is 0.234 e. The van der Waals surface area contributed by atoms with Crippen LogP contribution in [0.1, 0.15) is 18.1 Å². The predicted molar refractivity (Wildman–Crippen MR) is 75.8 cm³/mol. The maximum Gasteiger partial charge on any atom is 0.220 e. The Morgan fingerprint density at radius 3 is 2.63 bits per heavy atom. The molecule has 0 aliphatic carbocycles. The molecule has 0 amide bonds. The van der Waals surface area contributed by atoms with Crippen LogP contribution in [0.3, 0.4) is 0 Å². The van der Waals surface area contributed by atoms with Crippen LogP contribution in [-0.2, 0) is 6.42 Å². The average molecular weight is 318 g/mol. The lowest BCUT2D eigenvalue weighted by molar-refractivity contribution is 0.898. The molecule has 0 saturated carbocycles. The van der Waals surface area contributed by atoms with Crippen LogP contribution in [-0.4, -0.2) is 24.6 Å². The van der Waals surface area contributed by atoms with Crippen LogP contribution in [0.15, 0.2) is 29.1 Å². The molecule has 0 aliphatic rings. The highest BCUT2D eigenvalue weighted by molar-refractivity contribution is 9.10. The van der Waals surface area contributed by atoms with Crippen molar-refractivity contribution >= 4 is 21.6 Å². The summed E-state index contributed by atoms with van der Waals surface area (Å²) in [5.41, 5.74) is 3.23. The number of fused-ring (bicyclic) bond motifs is 1. The molecule has 0 unspecified atom stereocenters. The van der Waals surface area contributed by atoms with Crippen LogP contribution in [0.25, 0.3) is 17.3 Å². The number of pyridine rings is 1. The third-order valence-electron chi connectivity index (χ3n) is 3.01. The summed E-state index contributed by atoms with van der Waals surface area (Å²) in [6.07, 6.45) is 4.32. The lowest BCUT2D eigenvalue weighted by Gasteiger charge is -2.06. The van der Waals surface area contributed by atoms with Gasteiger partial charge < -0.3 is 0 Å². The Kier molecular flexibility index (Phi) is 3.02. The molecule has 0 bridgehead atoms. The van der Waals surface area contributed by atoms with Crippen molar-refractivity contribution in [2.24, 2.45) is 0 Å². The SMILES string of the molecule is CCc1c(C)cc2nc(-c3ncccn3)nn2c1Br. The second kappa shape index (κ2) is 4.70. The van der Waals surface area contributed by atoms with Crippen molar-refractivity contribution in [1.29, 1.82) is 0 Å². The number of aryl methyl sites for hydroxylation is 1. The predicted octanol–water partition coefficient (Wildman–Crippen LogP) is 2.82. The molecular weight excluding hydrogens is 306 g/mol. The van der Waals surface area contributed by atoms with Crippen molar-refractivity contribution < 1.29 is 0 Å². The zero-order valence-corrected chi connectivity index (χ0v) is 12.2. The Bertz CT molecular complexity index is 736. The molecule has 3 rings (SSSR count). The van der Waals surface area contributed by atoms with E-state index in [0.29, 0.717) is 11.6 Å². The molecule has 0 atom stereocenters. The fraction of sp³-hybridized carbons (Fsp3) is 0.231. The molecule has 0 radical (unpaired) electrons. The highest BCUT2D eigenvalue weighted by atomic mass is 79.9. The van der Waals surface area contributed by atoms with Crippen LogP contribution in [0.2, 0.25) is 0 Å². The summed E-state index contributed by atoms with van der Waals surface area (Å²) >= 11 is 3.60.